The van der Waals surface area contributed by atoms with Crippen molar-refractivity contribution in [1.29, 1.82) is 0 Å². The molecule has 0 radical (unpaired) electrons. The van der Waals surface area contributed by atoms with Gasteiger partial charge in [-0.1, -0.05) is 5.16 Å². The Hall–Kier alpha value is -1.78. The molecule has 0 saturated carbocycles. The summed E-state index contributed by atoms with van der Waals surface area (Å²) in [7, 11) is 0. The van der Waals surface area contributed by atoms with Gasteiger partial charge in [0.1, 0.15) is 5.65 Å². The van der Waals surface area contributed by atoms with Crippen LogP contribution in [0.2, 0.25) is 0 Å². The maximum Gasteiger partial charge on any atom is 0.203 e. The van der Waals surface area contributed by atoms with Crippen LogP contribution in [0.5, 0.6) is 0 Å². The second-order valence-corrected chi connectivity index (χ2v) is 2.69. The highest BCUT2D eigenvalue weighted by Gasteiger charge is 2.01. The van der Waals surface area contributed by atoms with Gasteiger partial charge in [0.2, 0.25) is 5.49 Å². The number of aromatic nitrogens is 3. The molecule has 0 aliphatic carbocycles. The fourth-order valence-electron chi connectivity index (χ4n) is 1.38. The predicted molar refractivity (Wildman–Crippen MR) is 47.1 cm³/mol. The SMILES string of the molecule is CCn1ccc2/c(=N/O)nc[nH]c21. The highest BCUT2D eigenvalue weighted by atomic mass is 16.4. The van der Waals surface area contributed by atoms with Crippen molar-refractivity contribution in [2.24, 2.45) is 5.16 Å². The minimum atomic E-state index is 0.348. The predicted octanol–water partition coefficient (Wildman–Crippen LogP) is 0.674. The first-order valence-electron chi connectivity index (χ1n) is 4.07. The third kappa shape index (κ3) is 1.09. The minimum absolute atomic E-state index is 0.348. The molecule has 13 heavy (non-hydrogen) atoms. The van der Waals surface area contributed by atoms with Crippen molar-refractivity contribution >= 4 is 11.0 Å². The highest BCUT2D eigenvalue weighted by molar-refractivity contribution is 5.74. The summed E-state index contributed by atoms with van der Waals surface area (Å²) in [5.41, 5.74) is 1.27. The Morgan fingerprint density at radius 3 is 3.23 bits per heavy atom. The molecule has 2 aromatic heterocycles. The number of H-pyrrole nitrogens is 1. The summed E-state index contributed by atoms with van der Waals surface area (Å²) in [6.07, 6.45) is 3.45. The summed E-state index contributed by atoms with van der Waals surface area (Å²) in [6.45, 7) is 2.92. The highest BCUT2D eigenvalue weighted by Crippen LogP contribution is 2.06. The number of nitrogens with zero attached hydrogens (tertiary/aromatic N) is 3. The van der Waals surface area contributed by atoms with Crippen molar-refractivity contribution in [2.75, 3.05) is 0 Å². The quantitative estimate of drug-likeness (QED) is 0.498. The zero-order valence-corrected chi connectivity index (χ0v) is 7.23. The van der Waals surface area contributed by atoms with Gasteiger partial charge in [-0.3, -0.25) is 0 Å². The topological polar surface area (TPSA) is 66.2 Å². The molecule has 0 bridgehead atoms. The lowest BCUT2D eigenvalue weighted by Gasteiger charge is -1.98. The normalized spacial score (nSPS) is 12.5. The first-order chi connectivity index (χ1) is 6.36. The summed E-state index contributed by atoms with van der Waals surface area (Å²) < 4.78 is 2.02. The van der Waals surface area contributed by atoms with E-state index < -0.39 is 0 Å². The zero-order valence-electron chi connectivity index (χ0n) is 7.23. The summed E-state index contributed by atoms with van der Waals surface area (Å²) >= 11 is 0. The van der Waals surface area contributed by atoms with E-state index in [9.17, 15) is 0 Å². The summed E-state index contributed by atoms with van der Waals surface area (Å²) in [6, 6.07) is 1.87. The van der Waals surface area contributed by atoms with Crippen LogP contribution in [0.3, 0.4) is 0 Å². The molecular formula is C8H10N4O. The lowest BCUT2D eigenvalue weighted by atomic mass is 10.4. The average molecular weight is 178 g/mol. The third-order valence-corrected chi connectivity index (χ3v) is 2.03. The van der Waals surface area contributed by atoms with E-state index in [2.05, 4.69) is 15.1 Å². The Labute approximate surface area is 74.3 Å². The Morgan fingerprint density at radius 1 is 1.69 bits per heavy atom. The molecule has 2 heterocycles. The molecule has 0 spiro atoms. The van der Waals surface area contributed by atoms with Crippen LogP contribution >= 0.6 is 0 Å². The van der Waals surface area contributed by atoms with Gasteiger partial charge < -0.3 is 14.8 Å². The Morgan fingerprint density at radius 2 is 2.54 bits per heavy atom. The number of aromatic amines is 1. The first-order valence-corrected chi connectivity index (χ1v) is 4.07. The second kappa shape index (κ2) is 2.93. The van der Waals surface area contributed by atoms with Crippen LogP contribution in [0.1, 0.15) is 6.92 Å². The standard InChI is InChI=1S/C8H10N4O/c1-2-12-4-3-6-7(11-13)9-5-10-8(6)12/h3-5,13H,2H2,1H3,(H,9,10,11). The number of hydrogen-bond acceptors (Lipinski definition) is 3. The van der Waals surface area contributed by atoms with E-state index in [1.54, 1.807) is 0 Å². The van der Waals surface area contributed by atoms with Gasteiger partial charge in [0.25, 0.3) is 0 Å². The van der Waals surface area contributed by atoms with E-state index in [1.165, 1.54) is 6.33 Å². The molecule has 0 aliphatic rings. The Bertz CT molecular complexity index is 482. The number of fused-ring (bicyclic) bond motifs is 1. The van der Waals surface area contributed by atoms with Gasteiger partial charge in [0.05, 0.1) is 11.7 Å². The largest absolute Gasteiger partial charge is 0.409 e. The molecule has 2 N–H and O–H groups in total. The van der Waals surface area contributed by atoms with Gasteiger partial charge in [0.15, 0.2) is 0 Å². The zero-order chi connectivity index (χ0) is 9.26. The molecule has 0 atom stereocenters. The van der Waals surface area contributed by atoms with E-state index in [-0.39, 0.29) is 0 Å². The molecule has 0 saturated heterocycles. The molecule has 2 rings (SSSR count). The Kier molecular flexibility index (Phi) is 1.77. The van der Waals surface area contributed by atoms with Crippen LogP contribution in [0.25, 0.3) is 11.0 Å². The number of hydrogen-bond donors (Lipinski definition) is 2. The fourth-order valence-corrected chi connectivity index (χ4v) is 1.38. The maximum atomic E-state index is 8.66. The monoisotopic (exact) mass is 178 g/mol. The van der Waals surface area contributed by atoms with Crippen LogP contribution in [0.15, 0.2) is 23.7 Å². The van der Waals surface area contributed by atoms with E-state index in [0.717, 1.165) is 17.6 Å². The van der Waals surface area contributed by atoms with E-state index >= 15 is 0 Å². The van der Waals surface area contributed by atoms with Gasteiger partial charge in [-0.15, -0.1) is 0 Å². The van der Waals surface area contributed by atoms with E-state index in [1.807, 2.05) is 23.8 Å². The van der Waals surface area contributed by atoms with Crippen LogP contribution in [0.4, 0.5) is 0 Å². The number of nitrogens with one attached hydrogen (secondary N) is 1. The van der Waals surface area contributed by atoms with Crippen molar-refractivity contribution < 1.29 is 5.21 Å². The van der Waals surface area contributed by atoms with Crippen LogP contribution < -0.4 is 5.49 Å². The first kappa shape index (κ1) is 7.85. The third-order valence-electron chi connectivity index (χ3n) is 2.03. The molecule has 5 nitrogen and oxygen atoms in total. The van der Waals surface area contributed by atoms with Crippen LogP contribution in [0, 0.1) is 0 Å². The van der Waals surface area contributed by atoms with Crippen molar-refractivity contribution in [1.82, 2.24) is 14.5 Å². The van der Waals surface area contributed by atoms with Gasteiger partial charge in [-0.2, -0.15) is 0 Å². The van der Waals surface area contributed by atoms with Gasteiger partial charge in [0, 0.05) is 12.7 Å². The fraction of sp³-hybridized carbons (Fsp3) is 0.250. The van der Waals surface area contributed by atoms with Crippen LogP contribution in [-0.2, 0) is 6.54 Å². The van der Waals surface area contributed by atoms with Crippen molar-refractivity contribution in [2.45, 2.75) is 13.5 Å². The minimum Gasteiger partial charge on any atom is -0.409 e. The van der Waals surface area contributed by atoms with Crippen molar-refractivity contribution in [3.05, 3.63) is 24.1 Å². The second-order valence-electron chi connectivity index (χ2n) is 2.69. The maximum absolute atomic E-state index is 8.66. The molecule has 2 aromatic rings. The van der Waals surface area contributed by atoms with E-state index in [0.29, 0.717) is 5.49 Å². The van der Waals surface area contributed by atoms with Gasteiger partial charge >= 0.3 is 0 Å². The molecule has 0 aromatic carbocycles. The summed E-state index contributed by atoms with van der Waals surface area (Å²) in [4.78, 5) is 6.89. The molecule has 5 heteroatoms. The molecule has 0 fully saturated rings. The van der Waals surface area contributed by atoms with Crippen molar-refractivity contribution in [3.8, 4) is 0 Å². The average Bonchev–Trinajstić information content (AvgIpc) is 2.60. The summed E-state index contributed by atoms with van der Waals surface area (Å²) in [5.74, 6) is 0. The molecule has 0 unspecified atom stereocenters. The lowest BCUT2D eigenvalue weighted by Crippen LogP contribution is -2.08. The van der Waals surface area contributed by atoms with Gasteiger partial charge in [-0.05, 0) is 13.0 Å². The van der Waals surface area contributed by atoms with Crippen molar-refractivity contribution in [3.63, 3.8) is 0 Å². The Balaban J connectivity index is 2.88. The number of rotatable bonds is 1. The smallest absolute Gasteiger partial charge is 0.203 e. The molecule has 0 aliphatic heterocycles. The number of aryl methyl sites for hydroxylation is 1. The van der Waals surface area contributed by atoms with Crippen LogP contribution in [-0.4, -0.2) is 19.7 Å². The summed E-state index contributed by atoms with van der Waals surface area (Å²) in [5, 5.41) is 12.6. The lowest BCUT2D eigenvalue weighted by molar-refractivity contribution is 0.299. The van der Waals surface area contributed by atoms with E-state index in [4.69, 9.17) is 5.21 Å². The molecule has 68 valence electrons. The molecular weight excluding hydrogens is 168 g/mol. The van der Waals surface area contributed by atoms with Gasteiger partial charge in [-0.25, -0.2) is 4.98 Å². The molecule has 0 amide bonds.